The number of amides is 1. The fourth-order valence-electron chi connectivity index (χ4n) is 1.05. The molecule has 2 N–H and O–H groups in total. The van der Waals surface area contributed by atoms with Gasteiger partial charge in [-0.1, -0.05) is 0 Å². The third-order valence-electron chi connectivity index (χ3n) is 1.88. The maximum Gasteiger partial charge on any atom is 0.405 e. The monoisotopic (exact) mass is 263 g/mol. The van der Waals surface area contributed by atoms with Gasteiger partial charge in [0.2, 0.25) is 11.8 Å². The normalized spacial score (nSPS) is 10.9. The van der Waals surface area contributed by atoms with Gasteiger partial charge in [-0.3, -0.25) is 4.79 Å². The smallest absolute Gasteiger partial charge is 0.405 e. The van der Waals surface area contributed by atoms with Crippen molar-refractivity contribution in [1.82, 2.24) is 10.3 Å². The number of alkyl halides is 3. The van der Waals surface area contributed by atoms with Crippen LogP contribution < -0.4 is 15.4 Å². The van der Waals surface area contributed by atoms with E-state index in [2.05, 4.69) is 10.3 Å². The number of methoxy groups -OCH3 is 1. The van der Waals surface area contributed by atoms with Gasteiger partial charge in [0.1, 0.15) is 6.54 Å². The minimum Gasteiger partial charge on any atom is -0.481 e. The molecule has 1 rings (SSSR count). The standard InChI is InChI=1S/C10H12F3N3O2/c1-18-9-3-2-7(4-15-9)14-5-8(17)16-6-10(11,12)13/h2-4,14H,5-6H2,1H3,(H,16,17). The molecule has 0 unspecified atom stereocenters. The van der Waals surface area contributed by atoms with Crippen molar-refractivity contribution in [2.24, 2.45) is 0 Å². The highest BCUT2D eigenvalue weighted by atomic mass is 19.4. The second kappa shape index (κ2) is 6.08. The molecular formula is C10H12F3N3O2. The molecule has 0 aliphatic rings. The molecule has 0 saturated heterocycles. The van der Waals surface area contributed by atoms with E-state index in [1.54, 1.807) is 17.4 Å². The summed E-state index contributed by atoms with van der Waals surface area (Å²) in [7, 11) is 1.46. The van der Waals surface area contributed by atoms with Gasteiger partial charge in [0.15, 0.2) is 0 Å². The van der Waals surface area contributed by atoms with Crippen molar-refractivity contribution in [2.75, 3.05) is 25.5 Å². The summed E-state index contributed by atoms with van der Waals surface area (Å²) in [6.45, 7) is -1.60. The quantitative estimate of drug-likeness (QED) is 0.837. The summed E-state index contributed by atoms with van der Waals surface area (Å²) in [5.74, 6) is -0.342. The molecule has 0 atom stereocenters. The average Bonchev–Trinajstić information content (AvgIpc) is 2.33. The second-order valence-electron chi connectivity index (χ2n) is 3.33. The highest BCUT2D eigenvalue weighted by molar-refractivity contribution is 5.80. The summed E-state index contributed by atoms with van der Waals surface area (Å²) in [6, 6.07) is 3.17. The van der Waals surface area contributed by atoms with Crippen molar-refractivity contribution < 1.29 is 22.7 Å². The third kappa shape index (κ3) is 5.37. The maximum atomic E-state index is 11.8. The van der Waals surface area contributed by atoms with Gasteiger partial charge < -0.3 is 15.4 Å². The summed E-state index contributed by atoms with van der Waals surface area (Å²) in [4.78, 5) is 14.9. The number of ether oxygens (including phenoxy) is 1. The van der Waals surface area contributed by atoms with Crippen LogP contribution in [0.15, 0.2) is 18.3 Å². The Hall–Kier alpha value is -1.99. The summed E-state index contributed by atoms with van der Waals surface area (Å²) in [5.41, 5.74) is 0.512. The Morgan fingerprint density at radius 1 is 1.44 bits per heavy atom. The summed E-state index contributed by atoms with van der Waals surface area (Å²) < 4.78 is 40.2. The largest absolute Gasteiger partial charge is 0.481 e. The minimum absolute atomic E-state index is 0.260. The van der Waals surface area contributed by atoms with Gasteiger partial charge in [-0.15, -0.1) is 0 Å². The van der Waals surface area contributed by atoms with Gasteiger partial charge in [-0.25, -0.2) is 4.98 Å². The van der Waals surface area contributed by atoms with Gasteiger partial charge in [0, 0.05) is 6.07 Å². The number of pyridine rings is 1. The van der Waals surface area contributed by atoms with Crippen molar-refractivity contribution >= 4 is 11.6 Å². The van der Waals surface area contributed by atoms with Crippen LogP contribution in [0.5, 0.6) is 5.88 Å². The molecule has 8 heteroatoms. The van der Waals surface area contributed by atoms with Crippen LogP contribution in [0.1, 0.15) is 0 Å². The van der Waals surface area contributed by atoms with Crippen LogP contribution in [0.25, 0.3) is 0 Å². The van der Waals surface area contributed by atoms with E-state index in [-0.39, 0.29) is 6.54 Å². The molecule has 0 aliphatic heterocycles. The van der Waals surface area contributed by atoms with Crippen LogP contribution in [0.4, 0.5) is 18.9 Å². The lowest BCUT2D eigenvalue weighted by Crippen LogP contribution is -2.37. The van der Waals surface area contributed by atoms with Crippen LogP contribution in [-0.4, -0.2) is 37.3 Å². The predicted molar refractivity (Wildman–Crippen MR) is 58.3 cm³/mol. The minimum atomic E-state index is -4.41. The van der Waals surface area contributed by atoms with Crippen molar-refractivity contribution in [3.63, 3.8) is 0 Å². The van der Waals surface area contributed by atoms with Crippen molar-refractivity contribution in [3.8, 4) is 5.88 Å². The molecule has 18 heavy (non-hydrogen) atoms. The van der Waals surface area contributed by atoms with E-state index >= 15 is 0 Å². The summed E-state index contributed by atoms with van der Waals surface area (Å²) >= 11 is 0. The third-order valence-corrected chi connectivity index (χ3v) is 1.88. The number of anilines is 1. The number of hydrogen-bond donors (Lipinski definition) is 2. The Morgan fingerprint density at radius 3 is 2.67 bits per heavy atom. The zero-order valence-corrected chi connectivity index (χ0v) is 9.54. The lowest BCUT2D eigenvalue weighted by atomic mass is 10.4. The maximum absolute atomic E-state index is 11.8. The molecule has 5 nitrogen and oxygen atoms in total. The van der Waals surface area contributed by atoms with Crippen LogP contribution >= 0.6 is 0 Å². The van der Waals surface area contributed by atoms with Gasteiger partial charge >= 0.3 is 6.18 Å². The molecule has 100 valence electrons. The first-order valence-corrected chi connectivity index (χ1v) is 4.98. The number of rotatable bonds is 5. The molecular weight excluding hydrogens is 251 g/mol. The molecule has 0 bridgehead atoms. The molecule has 0 aromatic carbocycles. The lowest BCUT2D eigenvalue weighted by Gasteiger charge is -2.09. The first-order valence-electron chi connectivity index (χ1n) is 4.98. The van der Waals surface area contributed by atoms with Crippen LogP contribution in [0, 0.1) is 0 Å². The number of hydrogen-bond acceptors (Lipinski definition) is 4. The van der Waals surface area contributed by atoms with Crippen molar-refractivity contribution in [3.05, 3.63) is 18.3 Å². The van der Waals surface area contributed by atoms with Gasteiger partial charge in [-0.05, 0) is 6.07 Å². The Balaban J connectivity index is 2.33. The van der Waals surface area contributed by atoms with Crippen LogP contribution in [0.3, 0.4) is 0 Å². The van der Waals surface area contributed by atoms with E-state index < -0.39 is 18.6 Å². The molecule has 1 aromatic heterocycles. The van der Waals surface area contributed by atoms with Crippen molar-refractivity contribution in [2.45, 2.75) is 6.18 Å². The molecule has 1 amide bonds. The molecule has 1 aromatic rings. The lowest BCUT2D eigenvalue weighted by molar-refractivity contribution is -0.137. The second-order valence-corrected chi connectivity index (χ2v) is 3.33. The van der Waals surface area contributed by atoms with Crippen LogP contribution in [-0.2, 0) is 4.79 Å². The first-order chi connectivity index (χ1) is 8.40. The van der Waals surface area contributed by atoms with Gasteiger partial charge in [-0.2, -0.15) is 13.2 Å². The Kier molecular flexibility index (Phi) is 4.75. The topological polar surface area (TPSA) is 63.2 Å². The summed E-state index contributed by atoms with van der Waals surface area (Å²) in [5, 5.41) is 4.38. The average molecular weight is 263 g/mol. The Morgan fingerprint density at radius 2 is 2.17 bits per heavy atom. The highest BCUT2D eigenvalue weighted by Crippen LogP contribution is 2.12. The van der Waals surface area contributed by atoms with Gasteiger partial charge in [0.25, 0.3) is 0 Å². The fraction of sp³-hybridized carbons (Fsp3) is 0.400. The van der Waals surface area contributed by atoms with E-state index in [9.17, 15) is 18.0 Å². The van der Waals surface area contributed by atoms with E-state index in [0.717, 1.165) is 0 Å². The zero-order valence-electron chi connectivity index (χ0n) is 9.54. The van der Waals surface area contributed by atoms with E-state index in [4.69, 9.17) is 4.74 Å². The van der Waals surface area contributed by atoms with Crippen LogP contribution in [0.2, 0.25) is 0 Å². The predicted octanol–water partition coefficient (Wildman–Crippen LogP) is 1.18. The number of halogens is 3. The molecule has 0 radical (unpaired) electrons. The number of nitrogens with zero attached hydrogens (tertiary/aromatic N) is 1. The molecule has 0 saturated carbocycles. The Labute approximate surface area is 101 Å². The molecule has 0 aliphatic carbocycles. The SMILES string of the molecule is COc1ccc(NCC(=O)NCC(F)(F)F)cn1. The number of aromatic nitrogens is 1. The van der Waals surface area contributed by atoms with E-state index in [1.807, 2.05) is 0 Å². The number of nitrogens with one attached hydrogen (secondary N) is 2. The summed E-state index contributed by atoms with van der Waals surface area (Å²) in [6.07, 6.45) is -2.99. The Bertz CT molecular complexity index is 392. The number of carbonyl (C=O) groups excluding carboxylic acids is 1. The zero-order chi connectivity index (χ0) is 13.6. The van der Waals surface area contributed by atoms with E-state index in [0.29, 0.717) is 11.6 Å². The number of carbonyl (C=O) groups is 1. The van der Waals surface area contributed by atoms with Crippen molar-refractivity contribution in [1.29, 1.82) is 0 Å². The molecule has 1 heterocycles. The molecule has 0 fully saturated rings. The van der Waals surface area contributed by atoms with Gasteiger partial charge in [0.05, 0.1) is 25.5 Å². The van der Waals surface area contributed by atoms with E-state index in [1.165, 1.54) is 13.3 Å². The first kappa shape index (κ1) is 14.1. The fourth-order valence-corrected chi connectivity index (χ4v) is 1.05. The molecule has 0 spiro atoms. The highest BCUT2D eigenvalue weighted by Gasteiger charge is 2.27.